The van der Waals surface area contributed by atoms with E-state index in [1.165, 1.54) is 6.33 Å². The summed E-state index contributed by atoms with van der Waals surface area (Å²) in [5.74, 6) is 0.794. The van der Waals surface area contributed by atoms with E-state index in [4.69, 9.17) is 0 Å². The number of aryl methyl sites for hydroxylation is 2. The second-order valence-corrected chi connectivity index (χ2v) is 3.75. The van der Waals surface area contributed by atoms with Crippen molar-refractivity contribution in [3.8, 4) is 0 Å². The van der Waals surface area contributed by atoms with Crippen LogP contribution in [-0.2, 0) is 13.5 Å². The third-order valence-corrected chi connectivity index (χ3v) is 2.53. The van der Waals surface area contributed by atoms with Gasteiger partial charge in [0, 0.05) is 32.4 Å². The molecule has 0 aromatic carbocycles. The minimum atomic E-state index is -0.396. The van der Waals surface area contributed by atoms with Gasteiger partial charge in [0.2, 0.25) is 0 Å². The molecule has 17 heavy (non-hydrogen) atoms. The van der Waals surface area contributed by atoms with Crippen LogP contribution in [0.15, 0.2) is 18.7 Å². The fourth-order valence-electron chi connectivity index (χ4n) is 1.51. The van der Waals surface area contributed by atoms with Crippen LogP contribution in [-0.4, -0.2) is 26.1 Å². The first-order valence-corrected chi connectivity index (χ1v) is 5.35. The second-order valence-electron chi connectivity index (χ2n) is 3.75. The Kier molecular flexibility index (Phi) is 3.32. The van der Waals surface area contributed by atoms with E-state index < -0.39 is 5.82 Å². The Balaban J connectivity index is 1.95. The molecule has 2 heterocycles. The van der Waals surface area contributed by atoms with Crippen molar-refractivity contribution in [2.75, 3.05) is 11.9 Å². The first-order valence-electron chi connectivity index (χ1n) is 5.35. The summed E-state index contributed by atoms with van der Waals surface area (Å²) in [5, 5.41) is 2.94. The minimum absolute atomic E-state index is 0.242. The molecule has 0 fully saturated rings. The van der Waals surface area contributed by atoms with Gasteiger partial charge in [0.05, 0.1) is 5.69 Å². The topological polar surface area (TPSA) is 55.6 Å². The largest absolute Gasteiger partial charge is 0.367 e. The summed E-state index contributed by atoms with van der Waals surface area (Å²) >= 11 is 0. The Morgan fingerprint density at radius 2 is 2.18 bits per heavy atom. The Hall–Kier alpha value is -1.98. The van der Waals surface area contributed by atoms with Crippen LogP contribution in [0.4, 0.5) is 10.2 Å². The Labute approximate surface area is 98.7 Å². The molecule has 0 unspecified atom stereocenters. The van der Waals surface area contributed by atoms with Crippen molar-refractivity contribution in [2.45, 2.75) is 13.3 Å². The predicted molar refractivity (Wildman–Crippen MR) is 62.1 cm³/mol. The van der Waals surface area contributed by atoms with Gasteiger partial charge in [-0.1, -0.05) is 0 Å². The Morgan fingerprint density at radius 1 is 1.35 bits per heavy atom. The third kappa shape index (κ3) is 2.58. The number of rotatable bonds is 4. The molecule has 2 rings (SSSR count). The molecule has 0 aliphatic rings. The summed E-state index contributed by atoms with van der Waals surface area (Å²) in [6.07, 6.45) is 5.68. The highest BCUT2D eigenvalue weighted by molar-refractivity contribution is 5.36. The molecular weight excluding hydrogens is 221 g/mol. The normalized spacial score (nSPS) is 10.5. The molecule has 2 aromatic rings. The number of nitrogens with zero attached hydrogens (tertiary/aromatic N) is 4. The van der Waals surface area contributed by atoms with E-state index in [9.17, 15) is 4.39 Å². The molecule has 90 valence electrons. The average Bonchev–Trinajstić information content (AvgIpc) is 2.71. The quantitative estimate of drug-likeness (QED) is 0.868. The molecule has 0 aliphatic heterocycles. The average molecular weight is 235 g/mol. The minimum Gasteiger partial charge on any atom is -0.367 e. The number of aromatic nitrogens is 4. The Morgan fingerprint density at radius 3 is 2.88 bits per heavy atom. The van der Waals surface area contributed by atoms with Crippen molar-refractivity contribution in [1.29, 1.82) is 0 Å². The molecule has 0 atom stereocenters. The van der Waals surface area contributed by atoms with E-state index in [0.29, 0.717) is 18.7 Å². The predicted octanol–water partition coefficient (Wildman–Crippen LogP) is 1.31. The lowest BCUT2D eigenvalue weighted by Crippen LogP contribution is -2.11. The lowest BCUT2D eigenvalue weighted by molar-refractivity contribution is 0.604. The lowest BCUT2D eigenvalue weighted by atomic mass is 10.3. The van der Waals surface area contributed by atoms with Gasteiger partial charge in [0.1, 0.15) is 12.2 Å². The summed E-state index contributed by atoms with van der Waals surface area (Å²) in [7, 11) is 1.93. The monoisotopic (exact) mass is 235 g/mol. The summed E-state index contributed by atoms with van der Waals surface area (Å²) < 4.78 is 15.5. The maximum absolute atomic E-state index is 13.5. The number of hydrogen-bond acceptors (Lipinski definition) is 4. The van der Waals surface area contributed by atoms with E-state index in [1.54, 1.807) is 13.1 Å². The lowest BCUT2D eigenvalue weighted by Gasteiger charge is -2.07. The van der Waals surface area contributed by atoms with E-state index in [2.05, 4.69) is 20.3 Å². The van der Waals surface area contributed by atoms with Gasteiger partial charge in [-0.2, -0.15) is 0 Å². The van der Waals surface area contributed by atoms with Gasteiger partial charge in [-0.3, -0.25) is 0 Å². The van der Waals surface area contributed by atoms with Gasteiger partial charge in [0.15, 0.2) is 11.6 Å². The van der Waals surface area contributed by atoms with Crippen LogP contribution in [0.1, 0.15) is 11.5 Å². The van der Waals surface area contributed by atoms with Crippen molar-refractivity contribution >= 4 is 5.82 Å². The molecule has 0 spiro atoms. The van der Waals surface area contributed by atoms with Crippen LogP contribution in [0.3, 0.4) is 0 Å². The summed E-state index contributed by atoms with van der Waals surface area (Å²) in [6, 6.07) is 0. The van der Waals surface area contributed by atoms with Crippen LogP contribution < -0.4 is 5.32 Å². The molecule has 1 N–H and O–H groups in total. The zero-order valence-electron chi connectivity index (χ0n) is 9.81. The molecule has 2 aromatic heterocycles. The highest BCUT2D eigenvalue weighted by Gasteiger charge is 2.07. The SMILES string of the molecule is Cc1ncnc(NCCc2nccn2C)c1F. The maximum atomic E-state index is 13.5. The zero-order valence-corrected chi connectivity index (χ0v) is 9.81. The van der Waals surface area contributed by atoms with E-state index in [-0.39, 0.29) is 5.82 Å². The van der Waals surface area contributed by atoms with Gasteiger partial charge in [-0.25, -0.2) is 19.3 Å². The van der Waals surface area contributed by atoms with Crippen LogP contribution in [0.2, 0.25) is 0 Å². The highest BCUT2D eigenvalue weighted by Crippen LogP contribution is 2.11. The van der Waals surface area contributed by atoms with Gasteiger partial charge in [0.25, 0.3) is 0 Å². The van der Waals surface area contributed by atoms with E-state index in [0.717, 1.165) is 5.82 Å². The Bertz CT molecular complexity index is 508. The first-order chi connectivity index (χ1) is 8.18. The number of hydrogen-bond donors (Lipinski definition) is 1. The maximum Gasteiger partial charge on any atom is 0.186 e. The van der Waals surface area contributed by atoms with Gasteiger partial charge < -0.3 is 9.88 Å². The zero-order chi connectivity index (χ0) is 12.3. The molecule has 0 aliphatic carbocycles. The van der Waals surface area contributed by atoms with E-state index in [1.807, 2.05) is 17.8 Å². The standard InChI is InChI=1S/C11H14FN5/c1-8-10(12)11(16-7-15-8)14-4-3-9-13-5-6-17(9)2/h5-7H,3-4H2,1-2H3,(H,14,15,16). The van der Waals surface area contributed by atoms with Crippen LogP contribution in [0.5, 0.6) is 0 Å². The fraction of sp³-hybridized carbons (Fsp3) is 0.364. The molecule has 6 heteroatoms. The van der Waals surface area contributed by atoms with Gasteiger partial charge in [-0.05, 0) is 6.92 Å². The molecule has 0 radical (unpaired) electrons. The van der Waals surface area contributed by atoms with Gasteiger partial charge >= 0.3 is 0 Å². The summed E-state index contributed by atoms with van der Waals surface area (Å²) in [5.41, 5.74) is 0.347. The molecule has 5 nitrogen and oxygen atoms in total. The highest BCUT2D eigenvalue weighted by atomic mass is 19.1. The number of halogens is 1. The molecular formula is C11H14FN5. The van der Waals surface area contributed by atoms with Crippen molar-refractivity contribution in [3.63, 3.8) is 0 Å². The van der Waals surface area contributed by atoms with Crippen molar-refractivity contribution in [1.82, 2.24) is 19.5 Å². The van der Waals surface area contributed by atoms with Crippen LogP contribution in [0, 0.1) is 12.7 Å². The molecule has 0 saturated heterocycles. The van der Waals surface area contributed by atoms with Crippen LogP contribution >= 0.6 is 0 Å². The molecule has 0 saturated carbocycles. The summed E-state index contributed by atoms with van der Waals surface area (Å²) in [4.78, 5) is 11.8. The summed E-state index contributed by atoms with van der Waals surface area (Å²) in [6.45, 7) is 2.19. The second kappa shape index (κ2) is 4.90. The van der Waals surface area contributed by atoms with Crippen LogP contribution in [0.25, 0.3) is 0 Å². The fourth-order valence-corrected chi connectivity index (χ4v) is 1.51. The van der Waals surface area contributed by atoms with Crippen molar-refractivity contribution in [2.24, 2.45) is 7.05 Å². The number of anilines is 1. The third-order valence-electron chi connectivity index (χ3n) is 2.53. The van der Waals surface area contributed by atoms with E-state index >= 15 is 0 Å². The smallest absolute Gasteiger partial charge is 0.186 e. The van der Waals surface area contributed by atoms with Crippen molar-refractivity contribution < 1.29 is 4.39 Å². The van der Waals surface area contributed by atoms with Gasteiger partial charge in [-0.15, -0.1) is 0 Å². The molecule has 0 amide bonds. The van der Waals surface area contributed by atoms with Crippen molar-refractivity contribution in [3.05, 3.63) is 36.1 Å². The number of imidazole rings is 1. The number of nitrogens with one attached hydrogen (secondary N) is 1. The first kappa shape index (κ1) is 11.5. The molecule has 0 bridgehead atoms.